The summed E-state index contributed by atoms with van der Waals surface area (Å²) in [7, 11) is 0. The van der Waals surface area contributed by atoms with Crippen LogP contribution in [0, 0.1) is 0 Å². The molecule has 2 aliphatic rings. The first kappa shape index (κ1) is 21.3. The fourth-order valence-corrected chi connectivity index (χ4v) is 4.27. The molecular formula is C24H16Cl2N2O5. The van der Waals surface area contributed by atoms with E-state index in [1.807, 2.05) is 0 Å². The highest BCUT2D eigenvalue weighted by Crippen LogP contribution is 2.43. The highest BCUT2D eigenvalue weighted by atomic mass is 35.5. The Balaban J connectivity index is 1.66. The lowest BCUT2D eigenvalue weighted by atomic mass is 9.95. The molecule has 0 saturated carbocycles. The van der Waals surface area contributed by atoms with Crippen LogP contribution in [0.1, 0.15) is 22.7 Å². The van der Waals surface area contributed by atoms with E-state index < -0.39 is 17.7 Å². The van der Waals surface area contributed by atoms with E-state index in [1.165, 1.54) is 4.90 Å². The van der Waals surface area contributed by atoms with Gasteiger partial charge in [-0.3, -0.25) is 14.6 Å². The molecule has 0 spiro atoms. The molecule has 7 nitrogen and oxygen atoms in total. The Labute approximate surface area is 198 Å². The topological polar surface area (TPSA) is 89.0 Å². The van der Waals surface area contributed by atoms with E-state index in [-0.39, 0.29) is 29.7 Å². The normalized spacial score (nSPS) is 18.7. The monoisotopic (exact) mass is 482 g/mol. The quantitative estimate of drug-likeness (QED) is 0.328. The van der Waals surface area contributed by atoms with Crippen LogP contribution in [-0.2, 0) is 16.1 Å². The van der Waals surface area contributed by atoms with Crippen molar-refractivity contribution in [2.24, 2.45) is 0 Å². The zero-order valence-electron chi connectivity index (χ0n) is 17.0. The number of carbonyl (C=O) groups excluding carboxylic acids is 2. The molecule has 0 bridgehead atoms. The average molecular weight is 483 g/mol. The van der Waals surface area contributed by atoms with Gasteiger partial charge in [0.25, 0.3) is 11.7 Å². The number of ether oxygens (including phenoxy) is 2. The van der Waals surface area contributed by atoms with Crippen molar-refractivity contribution in [3.05, 3.63) is 93.2 Å². The van der Waals surface area contributed by atoms with Crippen molar-refractivity contribution in [1.29, 1.82) is 0 Å². The molecule has 2 aliphatic heterocycles. The molecule has 0 aliphatic carbocycles. The van der Waals surface area contributed by atoms with Gasteiger partial charge in [0.2, 0.25) is 6.79 Å². The van der Waals surface area contributed by atoms with Gasteiger partial charge in [-0.05, 0) is 47.5 Å². The summed E-state index contributed by atoms with van der Waals surface area (Å²) in [6, 6.07) is 12.3. The summed E-state index contributed by atoms with van der Waals surface area (Å²) in [6.45, 7) is 0.180. The van der Waals surface area contributed by atoms with Gasteiger partial charge in [0, 0.05) is 24.5 Å². The van der Waals surface area contributed by atoms with Crippen LogP contribution < -0.4 is 9.47 Å². The van der Waals surface area contributed by atoms with Crippen molar-refractivity contribution in [2.45, 2.75) is 12.6 Å². The first-order valence-electron chi connectivity index (χ1n) is 9.96. The molecular weight excluding hydrogens is 467 g/mol. The average Bonchev–Trinajstić information content (AvgIpc) is 3.39. The van der Waals surface area contributed by atoms with E-state index in [2.05, 4.69) is 4.98 Å². The fraction of sp³-hybridized carbons (Fsp3) is 0.125. The van der Waals surface area contributed by atoms with Gasteiger partial charge in [-0.25, -0.2) is 0 Å². The van der Waals surface area contributed by atoms with E-state index in [4.69, 9.17) is 32.7 Å². The molecule has 3 heterocycles. The number of Topliss-reactive ketones (excluding diaryl/α,β-unsaturated/α-hetero) is 1. The zero-order valence-corrected chi connectivity index (χ0v) is 18.5. The Bertz CT molecular complexity index is 1310. The molecule has 1 N–H and O–H groups in total. The number of pyridine rings is 1. The maximum atomic E-state index is 13.2. The predicted octanol–water partition coefficient (Wildman–Crippen LogP) is 4.74. The van der Waals surface area contributed by atoms with Crippen molar-refractivity contribution >= 4 is 40.7 Å². The predicted molar refractivity (Wildman–Crippen MR) is 121 cm³/mol. The van der Waals surface area contributed by atoms with E-state index in [0.717, 1.165) is 5.56 Å². The highest BCUT2D eigenvalue weighted by molar-refractivity contribution is 6.46. The maximum absolute atomic E-state index is 13.2. The lowest BCUT2D eigenvalue weighted by Gasteiger charge is -2.25. The highest BCUT2D eigenvalue weighted by Gasteiger charge is 2.46. The van der Waals surface area contributed by atoms with Crippen LogP contribution in [0.25, 0.3) is 5.76 Å². The molecule has 33 heavy (non-hydrogen) atoms. The zero-order chi connectivity index (χ0) is 23.1. The molecule has 2 aromatic carbocycles. The second-order valence-electron chi connectivity index (χ2n) is 7.53. The van der Waals surface area contributed by atoms with Crippen LogP contribution in [-0.4, -0.2) is 33.5 Å². The minimum Gasteiger partial charge on any atom is -0.507 e. The number of aliphatic hydroxyl groups is 1. The molecule has 1 unspecified atom stereocenters. The number of likely N-dealkylation sites (tertiary alicyclic amines) is 1. The second-order valence-corrected chi connectivity index (χ2v) is 8.34. The summed E-state index contributed by atoms with van der Waals surface area (Å²) in [4.78, 5) is 31.7. The van der Waals surface area contributed by atoms with E-state index in [0.29, 0.717) is 27.6 Å². The van der Waals surface area contributed by atoms with Gasteiger partial charge in [-0.2, -0.15) is 0 Å². The molecule has 1 saturated heterocycles. The summed E-state index contributed by atoms with van der Waals surface area (Å²) in [6.07, 6.45) is 3.23. The first-order chi connectivity index (χ1) is 15.9. The Kier molecular flexibility index (Phi) is 5.44. The Hall–Kier alpha value is -3.55. The summed E-state index contributed by atoms with van der Waals surface area (Å²) in [5.74, 6) is -0.891. The molecule has 1 amide bonds. The second kappa shape index (κ2) is 8.42. The number of rotatable bonds is 4. The number of aliphatic hydroxyl groups excluding tert-OH is 1. The Morgan fingerprint density at radius 2 is 1.88 bits per heavy atom. The summed E-state index contributed by atoms with van der Waals surface area (Å²) in [5.41, 5.74) is 1.53. The Morgan fingerprint density at radius 1 is 1.06 bits per heavy atom. The van der Waals surface area contributed by atoms with Crippen LogP contribution in [0.3, 0.4) is 0 Å². The molecule has 1 atom stereocenters. The number of amides is 1. The van der Waals surface area contributed by atoms with Gasteiger partial charge < -0.3 is 19.5 Å². The SMILES string of the molecule is O=C1C(=O)N(Cc2cccnc2)C(c2ccc(Cl)c(Cl)c2)/C1=C(/O)c1ccc2c(c1)OCO2. The number of hydrogen-bond donors (Lipinski definition) is 1. The van der Waals surface area contributed by atoms with E-state index >= 15 is 0 Å². The third-order valence-electron chi connectivity index (χ3n) is 5.52. The van der Waals surface area contributed by atoms with Crippen molar-refractivity contribution in [3.8, 4) is 11.5 Å². The molecule has 1 fully saturated rings. The largest absolute Gasteiger partial charge is 0.507 e. The van der Waals surface area contributed by atoms with Gasteiger partial charge >= 0.3 is 0 Å². The standard InChI is InChI=1S/C24H16Cl2N2O5/c25-16-5-3-14(8-17(16)26)21-20(22(29)15-4-6-18-19(9-15)33-12-32-18)23(30)24(31)28(21)11-13-2-1-7-27-10-13/h1-10,21,29H,11-12H2/b22-20-. The van der Waals surface area contributed by atoms with Gasteiger partial charge in [-0.15, -0.1) is 0 Å². The third-order valence-corrected chi connectivity index (χ3v) is 6.26. The molecule has 5 rings (SSSR count). The smallest absolute Gasteiger partial charge is 0.295 e. The first-order valence-corrected chi connectivity index (χ1v) is 10.7. The molecule has 9 heteroatoms. The van der Waals surface area contributed by atoms with Gasteiger partial charge in [-0.1, -0.05) is 35.3 Å². The van der Waals surface area contributed by atoms with Crippen LogP contribution in [0.15, 0.2) is 66.5 Å². The number of halogens is 2. The lowest BCUT2D eigenvalue weighted by Crippen LogP contribution is -2.29. The van der Waals surface area contributed by atoms with Crippen LogP contribution in [0.2, 0.25) is 10.0 Å². The number of benzene rings is 2. The maximum Gasteiger partial charge on any atom is 0.295 e. The Morgan fingerprint density at radius 3 is 2.64 bits per heavy atom. The number of hydrogen-bond acceptors (Lipinski definition) is 6. The summed E-state index contributed by atoms with van der Waals surface area (Å²) >= 11 is 12.3. The molecule has 3 aromatic rings. The van der Waals surface area contributed by atoms with Crippen molar-refractivity contribution in [1.82, 2.24) is 9.88 Å². The number of carbonyl (C=O) groups is 2. The van der Waals surface area contributed by atoms with Crippen LogP contribution >= 0.6 is 23.2 Å². The molecule has 1 aromatic heterocycles. The molecule has 0 radical (unpaired) electrons. The van der Waals surface area contributed by atoms with Crippen LogP contribution in [0.4, 0.5) is 0 Å². The summed E-state index contributed by atoms with van der Waals surface area (Å²) < 4.78 is 10.7. The number of nitrogens with zero attached hydrogens (tertiary/aromatic N) is 2. The van der Waals surface area contributed by atoms with Crippen molar-refractivity contribution < 1.29 is 24.2 Å². The van der Waals surface area contributed by atoms with Crippen molar-refractivity contribution in [3.63, 3.8) is 0 Å². The molecule has 166 valence electrons. The van der Waals surface area contributed by atoms with Crippen molar-refractivity contribution in [2.75, 3.05) is 6.79 Å². The minimum atomic E-state index is -0.884. The van der Waals surface area contributed by atoms with E-state index in [1.54, 1.807) is 60.9 Å². The number of aromatic nitrogens is 1. The van der Waals surface area contributed by atoms with Gasteiger partial charge in [0.1, 0.15) is 5.76 Å². The van der Waals surface area contributed by atoms with Gasteiger partial charge in [0.15, 0.2) is 11.5 Å². The van der Waals surface area contributed by atoms with Gasteiger partial charge in [0.05, 0.1) is 21.7 Å². The number of fused-ring (bicyclic) bond motifs is 1. The minimum absolute atomic E-state index is 0.0545. The summed E-state index contributed by atoms with van der Waals surface area (Å²) in [5, 5.41) is 11.8. The third kappa shape index (κ3) is 3.79. The number of ketones is 1. The fourth-order valence-electron chi connectivity index (χ4n) is 3.96. The van der Waals surface area contributed by atoms with E-state index in [9.17, 15) is 14.7 Å². The lowest BCUT2D eigenvalue weighted by molar-refractivity contribution is -0.140. The van der Waals surface area contributed by atoms with Crippen LogP contribution in [0.5, 0.6) is 11.5 Å².